The largest absolute Gasteiger partial charge is 0.219 e. The number of hydrogen-bond donors (Lipinski definition) is 0. The summed E-state index contributed by atoms with van der Waals surface area (Å²) in [6.07, 6.45) is 0. The molecule has 0 unspecified atom stereocenters. The first-order chi connectivity index (χ1) is 10.3. The van der Waals surface area contributed by atoms with Gasteiger partial charge in [0.2, 0.25) is 11.2 Å². The Bertz CT molecular complexity index is 949. The Morgan fingerprint density at radius 2 is 1.33 bits per heavy atom. The van der Waals surface area contributed by atoms with Crippen LogP contribution in [0.1, 0.15) is 5.69 Å². The quantitative estimate of drug-likeness (QED) is 0.446. The number of rotatable bonds is 1. The minimum absolute atomic E-state index is 1.24. The summed E-state index contributed by atoms with van der Waals surface area (Å²) in [5, 5.41) is 3.82. The van der Waals surface area contributed by atoms with Crippen LogP contribution >= 0.6 is 0 Å². The van der Waals surface area contributed by atoms with Crippen molar-refractivity contribution < 1.29 is 4.57 Å². The number of benzene rings is 3. The first-order valence-corrected chi connectivity index (χ1v) is 7.23. The van der Waals surface area contributed by atoms with Crippen molar-refractivity contribution in [3.8, 4) is 5.69 Å². The lowest BCUT2D eigenvalue weighted by atomic mass is 10.1. The molecule has 0 spiro atoms. The molecule has 0 aliphatic carbocycles. The number of nitrogens with zero attached hydrogens (tertiary/aromatic N) is 1. The second-order valence-electron chi connectivity index (χ2n) is 5.37. The molecule has 1 aromatic heterocycles. The lowest BCUT2D eigenvalue weighted by Crippen LogP contribution is -2.35. The number of hydrogen-bond acceptors (Lipinski definition) is 0. The number of aromatic nitrogens is 1. The van der Waals surface area contributed by atoms with Gasteiger partial charge >= 0.3 is 0 Å². The van der Waals surface area contributed by atoms with Crippen LogP contribution in [0.2, 0.25) is 0 Å². The van der Waals surface area contributed by atoms with Gasteiger partial charge in [0.15, 0.2) is 5.69 Å². The fourth-order valence-electron chi connectivity index (χ4n) is 3.03. The third-order valence-corrected chi connectivity index (χ3v) is 4.04. The molecule has 100 valence electrons. The summed E-state index contributed by atoms with van der Waals surface area (Å²) in [6.45, 7) is 2.16. The summed E-state index contributed by atoms with van der Waals surface area (Å²) >= 11 is 0. The Kier molecular flexibility index (Phi) is 2.71. The van der Waals surface area contributed by atoms with Gasteiger partial charge in [0.25, 0.3) is 0 Å². The molecule has 21 heavy (non-hydrogen) atoms. The average Bonchev–Trinajstić information content (AvgIpc) is 2.54. The zero-order valence-electron chi connectivity index (χ0n) is 12.0. The Morgan fingerprint density at radius 1 is 0.619 bits per heavy atom. The Morgan fingerprint density at radius 3 is 2.24 bits per heavy atom. The molecule has 0 bridgehead atoms. The lowest BCUT2D eigenvalue weighted by molar-refractivity contribution is -0.572. The van der Waals surface area contributed by atoms with E-state index in [0.29, 0.717) is 0 Å². The summed E-state index contributed by atoms with van der Waals surface area (Å²) in [7, 11) is 0. The van der Waals surface area contributed by atoms with Gasteiger partial charge in [-0.05, 0) is 23.6 Å². The number of aryl methyl sites for hydroxylation is 1. The van der Waals surface area contributed by atoms with Crippen molar-refractivity contribution >= 4 is 21.7 Å². The summed E-state index contributed by atoms with van der Waals surface area (Å²) < 4.78 is 2.34. The first-order valence-electron chi connectivity index (χ1n) is 7.23. The molecule has 0 aliphatic rings. The maximum atomic E-state index is 2.34. The molecule has 4 aromatic rings. The minimum Gasteiger partial charge on any atom is -0.157 e. The SMILES string of the molecule is Cc1ccc2ccccc2[n+]1-c1cccc2ccccc12. The van der Waals surface area contributed by atoms with Crippen molar-refractivity contribution in [2.45, 2.75) is 6.92 Å². The zero-order chi connectivity index (χ0) is 14.2. The van der Waals surface area contributed by atoms with Gasteiger partial charge in [-0.25, -0.2) is 0 Å². The maximum absolute atomic E-state index is 2.34. The van der Waals surface area contributed by atoms with E-state index in [1.165, 1.54) is 33.1 Å². The highest BCUT2D eigenvalue weighted by Crippen LogP contribution is 2.21. The monoisotopic (exact) mass is 270 g/mol. The van der Waals surface area contributed by atoms with Gasteiger partial charge < -0.3 is 0 Å². The van der Waals surface area contributed by atoms with E-state index >= 15 is 0 Å². The standard InChI is InChI=1S/C20H16N/c1-15-13-14-17-8-3-5-11-19(17)21(15)20-12-6-9-16-7-2-4-10-18(16)20/h2-14H,1H3/q+1. The van der Waals surface area contributed by atoms with Crippen LogP contribution in [-0.2, 0) is 0 Å². The molecule has 0 saturated carbocycles. The van der Waals surface area contributed by atoms with Gasteiger partial charge in [-0.15, -0.1) is 0 Å². The third-order valence-electron chi connectivity index (χ3n) is 4.04. The highest BCUT2D eigenvalue weighted by Gasteiger charge is 2.17. The van der Waals surface area contributed by atoms with E-state index in [4.69, 9.17) is 0 Å². The van der Waals surface area contributed by atoms with Crippen LogP contribution in [0.15, 0.2) is 78.9 Å². The summed E-state index contributed by atoms with van der Waals surface area (Å²) in [6, 6.07) is 28.0. The zero-order valence-corrected chi connectivity index (χ0v) is 12.0. The fraction of sp³-hybridized carbons (Fsp3) is 0.0500. The molecule has 4 rings (SSSR count). The summed E-state index contributed by atoms with van der Waals surface area (Å²) in [4.78, 5) is 0. The molecule has 0 aliphatic heterocycles. The van der Waals surface area contributed by atoms with Gasteiger partial charge in [-0.1, -0.05) is 42.5 Å². The molecule has 0 atom stereocenters. The van der Waals surface area contributed by atoms with Crippen molar-refractivity contribution in [2.75, 3.05) is 0 Å². The van der Waals surface area contributed by atoms with Crippen LogP contribution < -0.4 is 4.57 Å². The van der Waals surface area contributed by atoms with E-state index in [1.807, 2.05) is 0 Å². The summed E-state index contributed by atoms with van der Waals surface area (Å²) in [5.41, 5.74) is 3.72. The molecule has 1 heterocycles. The van der Waals surface area contributed by atoms with E-state index in [1.54, 1.807) is 0 Å². The molecule has 0 saturated heterocycles. The Hall–Kier alpha value is -2.67. The minimum atomic E-state index is 1.24. The highest BCUT2D eigenvalue weighted by molar-refractivity contribution is 5.89. The number of pyridine rings is 1. The van der Waals surface area contributed by atoms with Gasteiger partial charge in [0, 0.05) is 30.5 Å². The van der Waals surface area contributed by atoms with Gasteiger partial charge in [0.1, 0.15) is 0 Å². The average molecular weight is 270 g/mol. The summed E-state index contributed by atoms with van der Waals surface area (Å²) in [5.74, 6) is 0. The topological polar surface area (TPSA) is 3.88 Å². The smallest absolute Gasteiger partial charge is 0.157 e. The van der Waals surface area contributed by atoms with Gasteiger partial charge in [-0.3, -0.25) is 0 Å². The second-order valence-corrected chi connectivity index (χ2v) is 5.37. The second kappa shape index (κ2) is 4.71. The predicted molar refractivity (Wildman–Crippen MR) is 87.7 cm³/mol. The molecule has 0 fully saturated rings. The molecular formula is C20H16N+. The fourth-order valence-corrected chi connectivity index (χ4v) is 3.03. The van der Waals surface area contributed by atoms with Crippen molar-refractivity contribution in [3.05, 3.63) is 84.6 Å². The van der Waals surface area contributed by atoms with E-state index in [-0.39, 0.29) is 0 Å². The van der Waals surface area contributed by atoms with Crippen molar-refractivity contribution in [1.29, 1.82) is 0 Å². The molecular weight excluding hydrogens is 254 g/mol. The van der Waals surface area contributed by atoms with Crippen LogP contribution in [0.4, 0.5) is 0 Å². The molecule has 1 nitrogen and oxygen atoms in total. The molecule has 1 heteroatoms. The van der Waals surface area contributed by atoms with Crippen molar-refractivity contribution in [3.63, 3.8) is 0 Å². The first kappa shape index (κ1) is 12.1. The van der Waals surface area contributed by atoms with Gasteiger partial charge in [0.05, 0.1) is 5.39 Å². The number of fused-ring (bicyclic) bond motifs is 2. The van der Waals surface area contributed by atoms with Crippen molar-refractivity contribution in [1.82, 2.24) is 0 Å². The van der Waals surface area contributed by atoms with Crippen LogP contribution in [0.5, 0.6) is 0 Å². The van der Waals surface area contributed by atoms with Gasteiger partial charge in [-0.2, -0.15) is 4.57 Å². The highest BCUT2D eigenvalue weighted by atomic mass is 15.0. The Labute approximate surface area is 124 Å². The van der Waals surface area contributed by atoms with Crippen molar-refractivity contribution in [2.24, 2.45) is 0 Å². The van der Waals surface area contributed by atoms with E-state index in [0.717, 1.165) is 0 Å². The van der Waals surface area contributed by atoms with Crippen LogP contribution in [0.3, 0.4) is 0 Å². The third kappa shape index (κ3) is 1.90. The Balaban J connectivity index is 2.16. The molecule has 0 radical (unpaired) electrons. The maximum Gasteiger partial charge on any atom is 0.219 e. The predicted octanol–water partition coefficient (Wildman–Crippen LogP) is 4.58. The molecule has 0 N–H and O–H groups in total. The lowest BCUT2D eigenvalue weighted by Gasteiger charge is -2.06. The van der Waals surface area contributed by atoms with Crippen LogP contribution in [0.25, 0.3) is 27.4 Å². The normalized spacial score (nSPS) is 11.1. The molecule has 3 aromatic carbocycles. The van der Waals surface area contributed by atoms with E-state index in [2.05, 4.69) is 90.4 Å². The molecule has 0 amide bonds. The van der Waals surface area contributed by atoms with E-state index in [9.17, 15) is 0 Å². The van der Waals surface area contributed by atoms with Crippen LogP contribution in [0, 0.1) is 6.92 Å². The number of para-hydroxylation sites is 1. The van der Waals surface area contributed by atoms with Crippen LogP contribution in [-0.4, -0.2) is 0 Å². The van der Waals surface area contributed by atoms with E-state index < -0.39 is 0 Å².